The molecule has 1 heterocycles. The SMILES string of the molecule is Cc1cc(C)n(-c2ccc(C(=O)NC(C)COc3ccc(Cl)cc3)cc2)n1. The van der Waals surface area contributed by atoms with Crippen LogP contribution in [0.1, 0.15) is 28.7 Å². The summed E-state index contributed by atoms with van der Waals surface area (Å²) in [5.41, 5.74) is 3.54. The van der Waals surface area contributed by atoms with E-state index in [2.05, 4.69) is 10.4 Å². The van der Waals surface area contributed by atoms with Crippen LogP contribution in [0.5, 0.6) is 5.75 Å². The van der Waals surface area contributed by atoms with Gasteiger partial charge in [-0.3, -0.25) is 4.79 Å². The van der Waals surface area contributed by atoms with E-state index in [1.165, 1.54) is 0 Å². The number of aromatic nitrogens is 2. The number of carbonyl (C=O) groups is 1. The molecule has 3 rings (SSSR count). The standard InChI is InChI=1S/C21H22ClN3O2/c1-14-12-16(3)25(24-14)19-8-4-17(5-9-19)21(26)23-15(2)13-27-20-10-6-18(22)7-11-20/h4-12,15H,13H2,1-3H3,(H,23,26). The van der Waals surface area contributed by atoms with Crippen molar-refractivity contribution >= 4 is 17.5 Å². The maximum atomic E-state index is 12.4. The van der Waals surface area contributed by atoms with E-state index in [1.54, 1.807) is 36.4 Å². The molecule has 1 atom stereocenters. The van der Waals surface area contributed by atoms with E-state index in [0.29, 0.717) is 17.2 Å². The predicted molar refractivity (Wildman–Crippen MR) is 107 cm³/mol. The number of ether oxygens (including phenoxy) is 1. The first kappa shape index (κ1) is 19.0. The Hall–Kier alpha value is -2.79. The minimum atomic E-state index is -0.137. The number of carbonyl (C=O) groups excluding carboxylic acids is 1. The van der Waals surface area contributed by atoms with Crippen LogP contribution in [0.3, 0.4) is 0 Å². The van der Waals surface area contributed by atoms with Gasteiger partial charge in [0.2, 0.25) is 0 Å². The van der Waals surface area contributed by atoms with Crippen LogP contribution in [-0.2, 0) is 0 Å². The van der Waals surface area contributed by atoms with E-state index >= 15 is 0 Å². The molecule has 0 fully saturated rings. The zero-order valence-electron chi connectivity index (χ0n) is 15.6. The van der Waals surface area contributed by atoms with Gasteiger partial charge in [-0.1, -0.05) is 11.6 Å². The molecule has 0 radical (unpaired) electrons. The van der Waals surface area contributed by atoms with Crippen LogP contribution in [0, 0.1) is 13.8 Å². The van der Waals surface area contributed by atoms with Crippen molar-refractivity contribution < 1.29 is 9.53 Å². The molecule has 0 aliphatic carbocycles. The lowest BCUT2D eigenvalue weighted by molar-refractivity contribution is 0.0926. The first-order valence-electron chi connectivity index (χ1n) is 8.75. The van der Waals surface area contributed by atoms with Gasteiger partial charge in [0, 0.05) is 16.3 Å². The Kier molecular flexibility index (Phi) is 5.81. The third-order valence-electron chi connectivity index (χ3n) is 4.07. The van der Waals surface area contributed by atoms with Gasteiger partial charge in [-0.05, 0) is 75.4 Å². The van der Waals surface area contributed by atoms with Crippen molar-refractivity contribution in [1.29, 1.82) is 0 Å². The van der Waals surface area contributed by atoms with Gasteiger partial charge in [0.1, 0.15) is 12.4 Å². The maximum absolute atomic E-state index is 12.4. The Morgan fingerprint density at radius 2 is 1.81 bits per heavy atom. The molecule has 0 aliphatic heterocycles. The number of nitrogens with one attached hydrogen (secondary N) is 1. The summed E-state index contributed by atoms with van der Waals surface area (Å²) in [6, 6.07) is 16.4. The number of rotatable bonds is 6. The molecule has 1 N–H and O–H groups in total. The zero-order valence-corrected chi connectivity index (χ0v) is 16.3. The lowest BCUT2D eigenvalue weighted by Gasteiger charge is -2.15. The van der Waals surface area contributed by atoms with Crippen LogP contribution in [0.2, 0.25) is 5.02 Å². The highest BCUT2D eigenvalue weighted by Crippen LogP contribution is 2.16. The smallest absolute Gasteiger partial charge is 0.251 e. The predicted octanol–water partition coefficient (Wildman–Crippen LogP) is 4.34. The first-order chi connectivity index (χ1) is 12.9. The lowest BCUT2D eigenvalue weighted by Crippen LogP contribution is -2.36. The minimum Gasteiger partial charge on any atom is -0.491 e. The fourth-order valence-corrected chi connectivity index (χ4v) is 2.87. The Labute approximate surface area is 163 Å². The molecule has 0 aliphatic rings. The lowest BCUT2D eigenvalue weighted by atomic mass is 10.2. The summed E-state index contributed by atoms with van der Waals surface area (Å²) in [5.74, 6) is 0.580. The third kappa shape index (κ3) is 4.89. The van der Waals surface area contributed by atoms with E-state index < -0.39 is 0 Å². The molecule has 5 nitrogen and oxygen atoms in total. The molecule has 0 spiro atoms. The second-order valence-electron chi connectivity index (χ2n) is 6.53. The van der Waals surface area contributed by atoms with Gasteiger partial charge < -0.3 is 10.1 Å². The molecular weight excluding hydrogens is 362 g/mol. The first-order valence-corrected chi connectivity index (χ1v) is 9.13. The normalized spacial score (nSPS) is 11.9. The Morgan fingerprint density at radius 1 is 1.15 bits per heavy atom. The van der Waals surface area contributed by atoms with Crippen LogP contribution in [0.15, 0.2) is 54.6 Å². The molecule has 3 aromatic rings. The number of amides is 1. The van der Waals surface area contributed by atoms with Crippen molar-refractivity contribution in [2.45, 2.75) is 26.8 Å². The van der Waals surface area contributed by atoms with Crippen molar-refractivity contribution in [2.24, 2.45) is 0 Å². The molecule has 0 saturated carbocycles. The largest absolute Gasteiger partial charge is 0.491 e. The summed E-state index contributed by atoms with van der Waals surface area (Å²) in [5, 5.41) is 8.05. The number of hydrogen-bond acceptors (Lipinski definition) is 3. The van der Waals surface area contributed by atoms with Crippen molar-refractivity contribution in [3.63, 3.8) is 0 Å². The molecule has 1 unspecified atom stereocenters. The summed E-state index contributed by atoms with van der Waals surface area (Å²) in [7, 11) is 0. The molecule has 27 heavy (non-hydrogen) atoms. The second-order valence-corrected chi connectivity index (χ2v) is 6.96. The molecule has 0 saturated heterocycles. The van der Waals surface area contributed by atoms with E-state index in [-0.39, 0.29) is 11.9 Å². The second kappa shape index (κ2) is 8.27. The van der Waals surface area contributed by atoms with Crippen molar-refractivity contribution in [1.82, 2.24) is 15.1 Å². The van der Waals surface area contributed by atoms with Crippen molar-refractivity contribution in [3.8, 4) is 11.4 Å². The van der Waals surface area contributed by atoms with Crippen LogP contribution in [0.4, 0.5) is 0 Å². The zero-order chi connectivity index (χ0) is 19.4. The Bertz CT molecular complexity index is 918. The van der Waals surface area contributed by atoms with Crippen LogP contribution < -0.4 is 10.1 Å². The highest BCUT2D eigenvalue weighted by Gasteiger charge is 2.11. The molecule has 6 heteroatoms. The van der Waals surface area contributed by atoms with Gasteiger partial charge >= 0.3 is 0 Å². The van der Waals surface area contributed by atoms with Gasteiger partial charge in [0.05, 0.1) is 17.4 Å². The number of hydrogen-bond donors (Lipinski definition) is 1. The number of benzene rings is 2. The topological polar surface area (TPSA) is 56.2 Å². The molecular formula is C21H22ClN3O2. The molecule has 0 bridgehead atoms. The third-order valence-corrected chi connectivity index (χ3v) is 4.33. The van der Waals surface area contributed by atoms with Crippen molar-refractivity contribution in [3.05, 3.63) is 76.6 Å². The summed E-state index contributed by atoms with van der Waals surface area (Å²) in [4.78, 5) is 12.4. The highest BCUT2D eigenvalue weighted by molar-refractivity contribution is 6.30. The fraction of sp³-hybridized carbons (Fsp3) is 0.238. The average molecular weight is 384 g/mol. The molecule has 1 amide bonds. The summed E-state index contributed by atoms with van der Waals surface area (Å²) >= 11 is 5.85. The number of halogens is 1. The molecule has 2 aromatic carbocycles. The van der Waals surface area contributed by atoms with E-state index in [4.69, 9.17) is 16.3 Å². The van der Waals surface area contributed by atoms with Gasteiger partial charge in [-0.25, -0.2) is 4.68 Å². The Balaban J connectivity index is 1.57. The highest BCUT2D eigenvalue weighted by atomic mass is 35.5. The van der Waals surface area contributed by atoms with E-state index in [0.717, 1.165) is 22.8 Å². The summed E-state index contributed by atoms with van der Waals surface area (Å²) in [6.45, 7) is 6.23. The van der Waals surface area contributed by atoms with Gasteiger partial charge in [-0.2, -0.15) is 5.10 Å². The summed E-state index contributed by atoms with van der Waals surface area (Å²) < 4.78 is 7.53. The quantitative estimate of drug-likeness (QED) is 0.688. The number of aryl methyl sites for hydroxylation is 2. The van der Waals surface area contributed by atoms with Gasteiger partial charge in [0.15, 0.2) is 0 Å². The summed E-state index contributed by atoms with van der Waals surface area (Å²) in [6.07, 6.45) is 0. The molecule has 140 valence electrons. The maximum Gasteiger partial charge on any atom is 0.251 e. The number of nitrogens with zero attached hydrogens (tertiary/aromatic N) is 2. The van der Waals surface area contributed by atoms with Crippen LogP contribution in [-0.4, -0.2) is 28.3 Å². The monoisotopic (exact) mass is 383 g/mol. The van der Waals surface area contributed by atoms with E-state index in [9.17, 15) is 4.79 Å². The van der Waals surface area contributed by atoms with Crippen LogP contribution >= 0.6 is 11.6 Å². The minimum absolute atomic E-state index is 0.135. The van der Waals surface area contributed by atoms with Gasteiger partial charge in [-0.15, -0.1) is 0 Å². The fourth-order valence-electron chi connectivity index (χ4n) is 2.75. The van der Waals surface area contributed by atoms with E-state index in [1.807, 2.05) is 43.7 Å². The molecule has 1 aromatic heterocycles. The van der Waals surface area contributed by atoms with Crippen molar-refractivity contribution in [2.75, 3.05) is 6.61 Å². The van der Waals surface area contributed by atoms with Gasteiger partial charge in [0.25, 0.3) is 5.91 Å². The van der Waals surface area contributed by atoms with Crippen LogP contribution in [0.25, 0.3) is 5.69 Å². The average Bonchev–Trinajstić information content (AvgIpc) is 2.99. The Morgan fingerprint density at radius 3 is 2.41 bits per heavy atom.